The van der Waals surface area contributed by atoms with Gasteiger partial charge < -0.3 is 15.5 Å². The third-order valence-electron chi connectivity index (χ3n) is 3.60. The molecular formula is C14H19N5. The van der Waals surface area contributed by atoms with Gasteiger partial charge in [0.1, 0.15) is 0 Å². The Balaban J connectivity index is 1.97. The van der Waals surface area contributed by atoms with Crippen LogP contribution in [0.2, 0.25) is 0 Å². The molecular weight excluding hydrogens is 238 g/mol. The second-order valence-corrected chi connectivity index (χ2v) is 5.07. The lowest BCUT2D eigenvalue weighted by Gasteiger charge is -2.22. The summed E-state index contributed by atoms with van der Waals surface area (Å²) in [5.74, 6) is 1.36. The van der Waals surface area contributed by atoms with Crippen molar-refractivity contribution in [3.8, 4) is 0 Å². The molecule has 2 heterocycles. The Kier molecular flexibility index (Phi) is 3.21. The monoisotopic (exact) mass is 257 g/mol. The van der Waals surface area contributed by atoms with Gasteiger partial charge in [0.05, 0.1) is 11.0 Å². The van der Waals surface area contributed by atoms with Gasteiger partial charge in [0.2, 0.25) is 0 Å². The standard InChI is InChI=1S/C14H19N5/c1-18-7-4-8-19(10-9-18)14-13(15)16-11-5-2-3-6-12(11)17-14/h2-3,5-6H,4,7-10H2,1H3,(H2,15,16). The van der Waals surface area contributed by atoms with Crippen molar-refractivity contribution in [1.82, 2.24) is 14.9 Å². The fourth-order valence-corrected chi connectivity index (χ4v) is 2.50. The Labute approximate surface area is 113 Å². The van der Waals surface area contributed by atoms with E-state index in [-0.39, 0.29) is 0 Å². The smallest absolute Gasteiger partial charge is 0.172 e. The first-order valence-electron chi connectivity index (χ1n) is 6.70. The molecule has 0 spiro atoms. The minimum absolute atomic E-state index is 0.531. The zero-order valence-corrected chi connectivity index (χ0v) is 11.2. The molecule has 1 aliphatic rings. The van der Waals surface area contributed by atoms with Gasteiger partial charge in [-0.05, 0) is 32.1 Å². The summed E-state index contributed by atoms with van der Waals surface area (Å²) in [5.41, 5.74) is 7.84. The van der Waals surface area contributed by atoms with Crippen LogP contribution in [-0.4, -0.2) is 48.1 Å². The van der Waals surface area contributed by atoms with Gasteiger partial charge >= 0.3 is 0 Å². The number of nitrogen functional groups attached to an aromatic ring is 1. The van der Waals surface area contributed by atoms with E-state index in [9.17, 15) is 0 Å². The first-order valence-corrected chi connectivity index (χ1v) is 6.70. The first kappa shape index (κ1) is 12.2. The van der Waals surface area contributed by atoms with Crippen LogP contribution >= 0.6 is 0 Å². The van der Waals surface area contributed by atoms with Crippen molar-refractivity contribution in [3.05, 3.63) is 24.3 Å². The van der Waals surface area contributed by atoms with Gasteiger partial charge in [0.25, 0.3) is 0 Å². The Hall–Kier alpha value is -1.88. The highest BCUT2D eigenvalue weighted by molar-refractivity contribution is 5.79. The van der Waals surface area contributed by atoms with E-state index < -0.39 is 0 Å². The summed E-state index contributed by atoms with van der Waals surface area (Å²) in [4.78, 5) is 13.7. The van der Waals surface area contributed by atoms with E-state index in [4.69, 9.17) is 5.73 Å². The van der Waals surface area contributed by atoms with Crippen LogP contribution < -0.4 is 10.6 Å². The topological polar surface area (TPSA) is 58.3 Å². The third kappa shape index (κ3) is 2.46. The number of benzene rings is 1. The predicted octanol–water partition coefficient (Wildman–Crippen LogP) is 1.35. The van der Waals surface area contributed by atoms with E-state index >= 15 is 0 Å². The molecule has 2 aromatic rings. The second kappa shape index (κ2) is 5.01. The molecule has 0 aliphatic carbocycles. The fraction of sp³-hybridized carbons (Fsp3) is 0.429. The van der Waals surface area contributed by atoms with Crippen LogP contribution in [0.25, 0.3) is 11.0 Å². The normalized spacial score (nSPS) is 17.6. The van der Waals surface area contributed by atoms with Crippen molar-refractivity contribution in [2.45, 2.75) is 6.42 Å². The van der Waals surface area contributed by atoms with Gasteiger partial charge in [-0.2, -0.15) is 0 Å². The molecule has 2 N–H and O–H groups in total. The molecule has 0 bridgehead atoms. The molecule has 3 rings (SSSR count). The van der Waals surface area contributed by atoms with Gasteiger partial charge in [-0.3, -0.25) is 0 Å². The summed E-state index contributed by atoms with van der Waals surface area (Å²) in [6.07, 6.45) is 1.13. The molecule has 0 atom stereocenters. The Bertz CT molecular complexity index is 583. The maximum atomic E-state index is 6.07. The van der Waals surface area contributed by atoms with E-state index in [0.29, 0.717) is 5.82 Å². The lowest BCUT2D eigenvalue weighted by molar-refractivity contribution is 0.360. The number of nitrogens with zero attached hydrogens (tertiary/aromatic N) is 4. The SMILES string of the molecule is CN1CCCN(c2nc3ccccc3nc2N)CC1. The van der Waals surface area contributed by atoms with E-state index in [0.717, 1.165) is 49.5 Å². The number of anilines is 2. The summed E-state index contributed by atoms with van der Waals surface area (Å²) < 4.78 is 0. The molecule has 100 valence electrons. The van der Waals surface area contributed by atoms with Crippen LogP contribution in [0.1, 0.15) is 6.42 Å². The molecule has 1 aromatic heterocycles. The Morgan fingerprint density at radius 1 is 1.00 bits per heavy atom. The maximum Gasteiger partial charge on any atom is 0.172 e. The lowest BCUT2D eigenvalue weighted by atomic mass is 10.3. The molecule has 1 aliphatic heterocycles. The zero-order valence-electron chi connectivity index (χ0n) is 11.2. The Morgan fingerprint density at radius 2 is 1.74 bits per heavy atom. The number of hydrogen-bond donors (Lipinski definition) is 1. The summed E-state index contributed by atoms with van der Waals surface area (Å²) in [7, 11) is 2.15. The number of fused-ring (bicyclic) bond motifs is 1. The molecule has 0 radical (unpaired) electrons. The third-order valence-corrected chi connectivity index (χ3v) is 3.60. The van der Waals surface area contributed by atoms with E-state index in [1.165, 1.54) is 0 Å². The quantitative estimate of drug-likeness (QED) is 0.835. The minimum Gasteiger partial charge on any atom is -0.381 e. The number of aromatic nitrogens is 2. The van der Waals surface area contributed by atoms with Crippen LogP contribution in [0.3, 0.4) is 0 Å². The highest BCUT2D eigenvalue weighted by atomic mass is 15.3. The number of likely N-dealkylation sites (N-methyl/N-ethyl adjacent to an activating group) is 1. The van der Waals surface area contributed by atoms with Crippen molar-refractivity contribution in [1.29, 1.82) is 0 Å². The van der Waals surface area contributed by atoms with Crippen LogP contribution in [0.4, 0.5) is 11.6 Å². The maximum absolute atomic E-state index is 6.07. The van der Waals surface area contributed by atoms with E-state index in [1.54, 1.807) is 0 Å². The molecule has 5 nitrogen and oxygen atoms in total. The zero-order chi connectivity index (χ0) is 13.2. The first-order chi connectivity index (χ1) is 9.24. The lowest BCUT2D eigenvalue weighted by Crippen LogP contribution is -2.30. The number of rotatable bonds is 1. The van der Waals surface area contributed by atoms with Crippen LogP contribution in [0, 0.1) is 0 Å². The fourth-order valence-electron chi connectivity index (χ4n) is 2.50. The van der Waals surface area contributed by atoms with Gasteiger partial charge in [-0.15, -0.1) is 0 Å². The van der Waals surface area contributed by atoms with Gasteiger partial charge in [-0.1, -0.05) is 12.1 Å². The molecule has 0 saturated carbocycles. The number of hydrogen-bond acceptors (Lipinski definition) is 5. The minimum atomic E-state index is 0.531. The van der Waals surface area contributed by atoms with Crippen molar-refractivity contribution >= 4 is 22.7 Å². The van der Waals surface area contributed by atoms with Crippen molar-refractivity contribution in [3.63, 3.8) is 0 Å². The molecule has 1 aromatic carbocycles. The average Bonchev–Trinajstić information content (AvgIpc) is 2.63. The molecule has 5 heteroatoms. The molecule has 0 amide bonds. The van der Waals surface area contributed by atoms with Crippen molar-refractivity contribution in [2.24, 2.45) is 0 Å². The largest absolute Gasteiger partial charge is 0.381 e. The van der Waals surface area contributed by atoms with Gasteiger partial charge in [0, 0.05) is 19.6 Å². The van der Waals surface area contributed by atoms with Crippen molar-refractivity contribution in [2.75, 3.05) is 43.9 Å². The Morgan fingerprint density at radius 3 is 2.53 bits per heavy atom. The van der Waals surface area contributed by atoms with E-state index in [1.807, 2.05) is 24.3 Å². The number of para-hydroxylation sites is 2. The molecule has 0 unspecified atom stereocenters. The molecule has 19 heavy (non-hydrogen) atoms. The van der Waals surface area contributed by atoms with Crippen molar-refractivity contribution < 1.29 is 0 Å². The van der Waals surface area contributed by atoms with Gasteiger partial charge in [0.15, 0.2) is 11.6 Å². The summed E-state index contributed by atoms with van der Waals surface area (Å²) >= 11 is 0. The second-order valence-electron chi connectivity index (χ2n) is 5.07. The highest BCUT2D eigenvalue weighted by Gasteiger charge is 2.17. The van der Waals surface area contributed by atoms with Crippen LogP contribution in [-0.2, 0) is 0 Å². The highest BCUT2D eigenvalue weighted by Crippen LogP contribution is 2.23. The van der Waals surface area contributed by atoms with Gasteiger partial charge in [-0.25, -0.2) is 9.97 Å². The van der Waals surface area contributed by atoms with Crippen LogP contribution in [0.5, 0.6) is 0 Å². The van der Waals surface area contributed by atoms with E-state index in [2.05, 4.69) is 26.8 Å². The molecule has 1 saturated heterocycles. The summed E-state index contributed by atoms with van der Waals surface area (Å²) in [6, 6.07) is 7.86. The number of nitrogens with two attached hydrogens (primary N) is 1. The predicted molar refractivity (Wildman–Crippen MR) is 78.3 cm³/mol. The summed E-state index contributed by atoms with van der Waals surface area (Å²) in [5, 5.41) is 0. The van der Waals surface area contributed by atoms with Crippen LogP contribution in [0.15, 0.2) is 24.3 Å². The molecule has 1 fully saturated rings. The summed E-state index contributed by atoms with van der Waals surface area (Å²) in [6.45, 7) is 4.10. The average molecular weight is 257 g/mol.